The second-order valence-electron chi connectivity index (χ2n) is 10.7. The molecule has 2 aromatic carbocycles. The van der Waals surface area contributed by atoms with Gasteiger partial charge in [-0.15, -0.1) is 0 Å². The number of Topliss-reactive ketones (excluding diaryl/α,β-unsaturated/α-hetero) is 1. The number of aryl methyl sites for hydroxylation is 4. The average molecular weight is 739 g/mol. The predicted molar refractivity (Wildman–Crippen MR) is 184 cm³/mol. The molecular formula is C36H39BrN4O5V. The molecule has 0 spiro atoms. The van der Waals surface area contributed by atoms with Crippen molar-refractivity contribution < 1.29 is 42.4 Å². The van der Waals surface area contributed by atoms with Gasteiger partial charge in [0.15, 0.2) is 5.78 Å². The number of esters is 2. The van der Waals surface area contributed by atoms with Gasteiger partial charge in [-0.1, -0.05) is 87.7 Å². The van der Waals surface area contributed by atoms with Gasteiger partial charge in [-0.25, -0.2) is 9.97 Å². The van der Waals surface area contributed by atoms with Gasteiger partial charge in [0.2, 0.25) is 0 Å². The van der Waals surface area contributed by atoms with Gasteiger partial charge in [-0.05, 0) is 51.0 Å². The quantitative estimate of drug-likeness (QED) is 0.110. The van der Waals surface area contributed by atoms with E-state index < -0.39 is 10.8 Å². The first-order valence-corrected chi connectivity index (χ1v) is 15.4. The molecule has 1 radical (unpaired) electrons. The molecule has 0 bridgehead atoms. The summed E-state index contributed by atoms with van der Waals surface area (Å²) in [5, 5.41) is 0. The summed E-state index contributed by atoms with van der Waals surface area (Å²) < 4.78 is 11.3. The predicted octanol–water partition coefficient (Wildman–Crippen LogP) is 6.81. The van der Waals surface area contributed by atoms with Crippen LogP contribution in [0, 0.1) is 27.7 Å². The van der Waals surface area contributed by atoms with Crippen LogP contribution in [0.3, 0.4) is 0 Å². The zero-order valence-corrected chi connectivity index (χ0v) is 30.3. The van der Waals surface area contributed by atoms with Crippen molar-refractivity contribution in [3.05, 3.63) is 119 Å². The Morgan fingerprint density at radius 3 is 1.87 bits per heavy atom. The number of aromatic nitrogens is 3. The first kappa shape index (κ1) is 38.9. The third-order valence-corrected chi connectivity index (χ3v) is 7.60. The summed E-state index contributed by atoms with van der Waals surface area (Å²) in [6.45, 7) is 8.00. The zero-order valence-electron chi connectivity index (χ0n) is 27.4. The Morgan fingerprint density at radius 1 is 0.787 bits per heavy atom. The van der Waals surface area contributed by atoms with Gasteiger partial charge in [-0.2, -0.15) is 0 Å². The molecule has 2 N–H and O–H groups in total. The summed E-state index contributed by atoms with van der Waals surface area (Å²) >= 11 is 3.19. The van der Waals surface area contributed by atoms with Crippen LogP contribution < -0.4 is 5.73 Å². The van der Waals surface area contributed by atoms with E-state index in [0.29, 0.717) is 11.4 Å². The largest absolute Gasteiger partial charge is 0.469 e. The van der Waals surface area contributed by atoms with E-state index in [1.165, 1.54) is 19.8 Å². The number of nitrogens with zero attached hydrogens (tertiary/aromatic N) is 3. The third-order valence-electron chi connectivity index (χ3n) is 6.86. The van der Waals surface area contributed by atoms with Gasteiger partial charge in [0.05, 0.1) is 43.3 Å². The van der Waals surface area contributed by atoms with E-state index >= 15 is 0 Å². The molecule has 0 fully saturated rings. The number of methoxy groups -OCH3 is 2. The number of carbonyl (C=O) groups excluding carboxylic acids is 3. The van der Waals surface area contributed by atoms with E-state index in [4.69, 9.17) is 15.5 Å². The van der Waals surface area contributed by atoms with Gasteiger partial charge in [0.25, 0.3) is 0 Å². The number of pyridine rings is 2. The smallest absolute Gasteiger partial charge is 0.311 e. The summed E-state index contributed by atoms with van der Waals surface area (Å²) in [5.41, 5.74) is 14.0. The molecule has 0 aliphatic rings. The van der Waals surface area contributed by atoms with Gasteiger partial charge in [-0.3, -0.25) is 14.4 Å². The molecule has 1 atom stereocenters. The van der Waals surface area contributed by atoms with Crippen LogP contribution >= 0.6 is 15.9 Å². The van der Waals surface area contributed by atoms with E-state index in [0.717, 1.165) is 39.3 Å². The van der Waals surface area contributed by atoms with Crippen LogP contribution in [0.2, 0.25) is 0 Å². The standard InChI is InChI=1S/C18H18N2O2.C12H13BrO3.C6H8N2.V/c1-12-4-7-14(8-5-12)18-15(10-17(21)22-3)20-11-13(2)6-9-16(20)19-18;1-8-3-5-9(6-4-8)12(15)10(13)7-11(14)16-2;1-5-2-3-6(7)8-4-5;/h4-9,11H,10H2,1-3H3;3-6,10H,7H2,1-2H3;2-4H,1H3,(H2,7,8);. The molecule has 3 aromatic heterocycles. The van der Waals surface area contributed by atoms with E-state index in [9.17, 15) is 14.4 Å². The van der Waals surface area contributed by atoms with Crippen LogP contribution in [-0.2, 0) is 44.0 Å². The number of nitrogen functional groups attached to an aromatic ring is 1. The number of anilines is 1. The van der Waals surface area contributed by atoms with E-state index in [-0.39, 0.29) is 43.1 Å². The molecule has 0 saturated heterocycles. The summed E-state index contributed by atoms with van der Waals surface area (Å²) in [6, 6.07) is 23.1. The molecule has 1 unspecified atom stereocenters. The number of ketones is 1. The molecule has 0 saturated carbocycles. The molecule has 11 heteroatoms. The minimum absolute atomic E-state index is 0. The third kappa shape index (κ3) is 11.8. The Morgan fingerprint density at radius 2 is 1.34 bits per heavy atom. The van der Waals surface area contributed by atoms with Crippen molar-refractivity contribution in [3.8, 4) is 11.3 Å². The number of ether oxygens (including phenoxy) is 2. The first-order valence-electron chi connectivity index (χ1n) is 14.5. The summed E-state index contributed by atoms with van der Waals surface area (Å²) in [5.74, 6) is -0.194. The zero-order chi connectivity index (χ0) is 33.8. The Kier molecular flexibility index (Phi) is 15.6. The maximum atomic E-state index is 11.9. The SMILES string of the molecule is COC(=O)CC(Br)C(=O)c1ccc(C)cc1.COC(=O)Cc1c(-c2ccc(C)cc2)nc2ccc(C)cn12.Cc1ccc(N)nc1.[V]. The van der Waals surface area contributed by atoms with Crippen molar-refractivity contribution in [2.24, 2.45) is 0 Å². The van der Waals surface area contributed by atoms with Gasteiger partial charge >= 0.3 is 11.9 Å². The van der Waals surface area contributed by atoms with Crippen molar-refractivity contribution in [2.45, 2.75) is 45.4 Å². The number of imidazole rings is 1. The fraction of sp³-hybridized carbons (Fsp3) is 0.250. The van der Waals surface area contributed by atoms with Crippen LogP contribution in [0.1, 0.15) is 44.7 Å². The van der Waals surface area contributed by atoms with Crippen LogP contribution in [-0.4, -0.2) is 51.1 Å². The molecule has 5 rings (SSSR count). The Labute approximate surface area is 295 Å². The Bertz CT molecular complexity index is 1750. The number of carbonyl (C=O) groups is 3. The number of halogens is 1. The van der Waals surface area contributed by atoms with Crippen molar-refractivity contribution in [1.29, 1.82) is 0 Å². The molecular weight excluding hydrogens is 699 g/mol. The van der Waals surface area contributed by atoms with Gasteiger partial charge < -0.3 is 19.6 Å². The van der Waals surface area contributed by atoms with Crippen molar-refractivity contribution >= 4 is 45.1 Å². The molecule has 3 heterocycles. The molecule has 245 valence electrons. The molecule has 47 heavy (non-hydrogen) atoms. The molecule has 0 aliphatic carbocycles. The van der Waals surface area contributed by atoms with Crippen LogP contribution in [0.5, 0.6) is 0 Å². The number of hydrogen-bond donors (Lipinski definition) is 1. The molecule has 5 aromatic rings. The number of benzene rings is 2. The van der Waals surface area contributed by atoms with Gasteiger partial charge in [0.1, 0.15) is 11.5 Å². The summed E-state index contributed by atoms with van der Waals surface area (Å²) in [7, 11) is 2.71. The second kappa shape index (κ2) is 18.8. The summed E-state index contributed by atoms with van der Waals surface area (Å²) in [6.07, 6.45) is 3.99. The van der Waals surface area contributed by atoms with Crippen LogP contribution in [0.25, 0.3) is 16.9 Å². The summed E-state index contributed by atoms with van der Waals surface area (Å²) in [4.78, 5) is 42.7. The van der Waals surface area contributed by atoms with Crippen LogP contribution in [0.15, 0.2) is 85.2 Å². The number of rotatable bonds is 7. The van der Waals surface area contributed by atoms with Crippen LogP contribution in [0.4, 0.5) is 5.82 Å². The fourth-order valence-corrected chi connectivity index (χ4v) is 4.75. The maximum Gasteiger partial charge on any atom is 0.311 e. The monoisotopic (exact) mass is 737 g/mol. The van der Waals surface area contributed by atoms with Gasteiger partial charge in [0, 0.05) is 42.1 Å². The first-order chi connectivity index (χ1) is 21.9. The van der Waals surface area contributed by atoms with Crippen molar-refractivity contribution in [2.75, 3.05) is 20.0 Å². The van der Waals surface area contributed by atoms with Crippen molar-refractivity contribution in [3.63, 3.8) is 0 Å². The second-order valence-corrected chi connectivity index (χ2v) is 11.8. The molecule has 9 nitrogen and oxygen atoms in total. The van der Waals surface area contributed by atoms with E-state index in [1.807, 2.05) is 92.9 Å². The Balaban J connectivity index is 0.000000269. The van der Waals surface area contributed by atoms with Crippen molar-refractivity contribution in [1.82, 2.24) is 14.4 Å². The minimum Gasteiger partial charge on any atom is -0.469 e. The fourth-order valence-electron chi connectivity index (χ4n) is 4.22. The Hall–Kier alpha value is -4.25. The average Bonchev–Trinajstić information content (AvgIpc) is 3.40. The van der Waals surface area contributed by atoms with E-state index in [2.05, 4.69) is 25.7 Å². The maximum absolute atomic E-state index is 11.9. The van der Waals surface area contributed by atoms with E-state index in [1.54, 1.807) is 24.4 Å². The number of hydrogen-bond acceptors (Lipinski definition) is 8. The topological polar surface area (TPSA) is 126 Å². The minimum atomic E-state index is -0.525. The number of fused-ring (bicyclic) bond motifs is 1. The number of alkyl halides is 1. The molecule has 0 amide bonds. The molecule has 0 aliphatic heterocycles. The normalized spacial score (nSPS) is 10.7. The number of nitrogens with two attached hydrogens (primary N) is 1.